The molecule has 3 atom stereocenters. The van der Waals surface area contributed by atoms with Crippen molar-refractivity contribution >= 4 is 17.6 Å². The summed E-state index contributed by atoms with van der Waals surface area (Å²) in [6, 6.07) is 17.0. The number of nitrogens with one attached hydrogen (secondary N) is 2. The van der Waals surface area contributed by atoms with Crippen molar-refractivity contribution < 1.29 is 9.59 Å². The second-order valence-electron chi connectivity index (χ2n) is 8.16. The van der Waals surface area contributed by atoms with Crippen LogP contribution in [0.5, 0.6) is 0 Å². The fourth-order valence-electron chi connectivity index (χ4n) is 4.40. The normalized spacial score (nSPS) is 20.6. The highest BCUT2D eigenvalue weighted by Crippen LogP contribution is 2.38. The minimum atomic E-state index is -0.363. The highest BCUT2D eigenvalue weighted by molar-refractivity contribution is 6.00. The maximum Gasteiger partial charge on any atom is 0.251 e. The first kappa shape index (κ1) is 22.5. The number of amides is 2. The maximum absolute atomic E-state index is 12.7. The smallest absolute Gasteiger partial charge is 0.251 e. The monoisotopic (exact) mass is 421 g/mol. The number of nitrogens with two attached hydrogens (primary N) is 2. The highest BCUT2D eigenvalue weighted by atomic mass is 16.2. The largest absolute Gasteiger partial charge is 0.384 e. The molecule has 3 unspecified atom stereocenters. The fraction of sp³-hybridized carbons (Fsp3) is 0.375. The van der Waals surface area contributed by atoms with E-state index in [1.165, 1.54) is 5.56 Å². The van der Waals surface area contributed by atoms with Crippen LogP contribution in [0.3, 0.4) is 0 Å². The maximum atomic E-state index is 12.7. The summed E-state index contributed by atoms with van der Waals surface area (Å²) in [6.45, 7) is 0.507. The molecule has 0 bridgehead atoms. The third-order valence-electron chi connectivity index (χ3n) is 6.26. The van der Waals surface area contributed by atoms with Crippen molar-refractivity contribution in [2.45, 2.75) is 31.2 Å². The van der Waals surface area contributed by atoms with Crippen molar-refractivity contribution in [1.29, 1.82) is 5.41 Å². The molecule has 6 N–H and O–H groups in total. The predicted octanol–water partition coefficient (Wildman–Crippen LogP) is 2.07. The number of benzene rings is 2. The van der Waals surface area contributed by atoms with Gasteiger partial charge in [-0.15, -0.1) is 0 Å². The lowest BCUT2D eigenvalue weighted by Crippen LogP contribution is -2.46. The van der Waals surface area contributed by atoms with Gasteiger partial charge in [0.1, 0.15) is 5.84 Å². The van der Waals surface area contributed by atoms with E-state index in [4.69, 9.17) is 16.9 Å². The van der Waals surface area contributed by atoms with E-state index < -0.39 is 0 Å². The first-order chi connectivity index (χ1) is 14.9. The quantitative estimate of drug-likeness (QED) is 0.403. The van der Waals surface area contributed by atoms with Gasteiger partial charge in [-0.2, -0.15) is 0 Å². The minimum absolute atomic E-state index is 0.0778. The second-order valence-corrected chi connectivity index (χ2v) is 8.16. The van der Waals surface area contributed by atoms with Crippen LogP contribution in [0, 0.1) is 11.3 Å². The van der Waals surface area contributed by atoms with Crippen molar-refractivity contribution in [3.8, 4) is 0 Å². The summed E-state index contributed by atoms with van der Waals surface area (Å²) in [4.78, 5) is 26.9. The molecule has 2 aromatic rings. The Kier molecular flexibility index (Phi) is 7.41. The molecule has 2 aromatic carbocycles. The Morgan fingerprint density at radius 1 is 1.10 bits per heavy atom. The molecule has 31 heavy (non-hydrogen) atoms. The van der Waals surface area contributed by atoms with Crippen LogP contribution < -0.4 is 16.8 Å². The van der Waals surface area contributed by atoms with E-state index >= 15 is 0 Å². The Morgan fingerprint density at radius 2 is 1.81 bits per heavy atom. The Labute approximate surface area is 183 Å². The van der Waals surface area contributed by atoms with Crippen molar-refractivity contribution in [1.82, 2.24) is 10.2 Å². The van der Waals surface area contributed by atoms with Crippen LogP contribution >= 0.6 is 0 Å². The lowest BCUT2D eigenvalue weighted by atomic mass is 9.73. The van der Waals surface area contributed by atoms with Crippen molar-refractivity contribution in [3.05, 3.63) is 71.3 Å². The number of carbonyl (C=O) groups excluding carboxylic acids is 2. The molecular formula is C24H31N5O2. The Balaban J connectivity index is 1.56. The summed E-state index contributed by atoms with van der Waals surface area (Å²) in [5, 5.41) is 10.2. The predicted molar refractivity (Wildman–Crippen MR) is 122 cm³/mol. The summed E-state index contributed by atoms with van der Waals surface area (Å²) >= 11 is 0. The summed E-state index contributed by atoms with van der Waals surface area (Å²) in [5.41, 5.74) is 13.7. The van der Waals surface area contributed by atoms with Gasteiger partial charge >= 0.3 is 0 Å². The molecule has 0 aliphatic heterocycles. The zero-order chi connectivity index (χ0) is 22.4. The van der Waals surface area contributed by atoms with E-state index in [2.05, 4.69) is 29.6 Å². The van der Waals surface area contributed by atoms with Crippen LogP contribution in [0.1, 0.15) is 46.7 Å². The average Bonchev–Trinajstić information content (AvgIpc) is 2.81. The molecule has 1 aliphatic rings. The van der Waals surface area contributed by atoms with E-state index in [0.717, 1.165) is 19.3 Å². The van der Waals surface area contributed by atoms with Crippen LogP contribution in [0.4, 0.5) is 0 Å². The number of likely N-dealkylation sites (N-methyl/N-ethyl adjacent to an activating group) is 1. The molecule has 0 aromatic heterocycles. The van der Waals surface area contributed by atoms with Crippen LogP contribution in [0.2, 0.25) is 0 Å². The van der Waals surface area contributed by atoms with Crippen molar-refractivity contribution in [2.75, 3.05) is 20.1 Å². The topological polar surface area (TPSA) is 125 Å². The molecule has 3 rings (SSSR count). The molecule has 2 amide bonds. The minimum Gasteiger partial charge on any atom is -0.384 e. The van der Waals surface area contributed by atoms with Crippen LogP contribution in [0.25, 0.3) is 0 Å². The molecule has 1 aliphatic carbocycles. The van der Waals surface area contributed by atoms with E-state index in [1.54, 1.807) is 36.2 Å². The number of hydrogen-bond acceptors (Lipinski definition) is 4. The molecule has 164 valence electrons. The standard InChI is InChI=1S/C24H31N5O2/c1-29(20-10-11-21(19(13-20)14-25)16-6-3-2-4-7-16)22(30)15-28-24(31)18-9-5-8-17(12-18)23(26)27/h2-9,12,19-21H,10-11,13-15,25H2,1H3,(H3,26,27)(H,28,31). The number of carbonyl (C=O) groups is 2. The zero-order valence-electron chi connectivity index (χ0n) is 17.9. The van der Waals surface area contributed by atoms with Gasteiger partial charge in [-0.05, 0) is 55.3 Å². The van der Waals surface area contributed by atoms with Gasteiger partial charge in [0.15, 0.2) is 0 Å². The molecule has 7 nitrogen and oxygen atoms in total. The van der Waals surface area contributed by atoms with Crippen LogP contribution in [-0.4, -0.2) is 48.7 Å². The lowest BCUT2D eigenvalue weighted by Gasteiger charge is -2.40. The third kappa shape index (κ3) is 5.49. The molecule has 0 heterocycles. The molecule has 0 spiro atoms. The summed E-state index contributed by atoms with van der Waals surface area (Å²) in [6.07, 6.45) is 2.75. The first-order valence-corrected chi connectivity index (χ1v) is 10.6. The second kappa shape index (κ2) is 10.2. The van der Waals surface area contributed by atoms with Crippen molar-refractivity contribution in [2.24, 2.45) is 17.4 Å². The van der Waals surface area contributed by atoms with E-state index in [1.807, 2.05) is 6.07 Å². The summed E-state index contributed by atoms with van der Waals surface area (Å²) in [7, 11) is 1.80. The number of nitrogen functional groups attached to an aromatic ring is 1. The van der Waals surface area contributed by atoms with Gasteiger partial charge in [-0.3, -0.25) is 15.0 Å². The van der Waals surface area contributed by atoms with Crippen LogP contribution in [-0.2, 0) is 4.79 Å². The Bertz CT molecular complexity index is 931. The lowest BCUT2D eigenvalue weighted by molar-refractivity contribution is -0.131. The van der Waals surface area contributed by atoms with Gasteiger partial charge in [-0.1, -0.05) is 42.5 Å². The zero-order valence-corrected chi connectivity index (χ0v) is 17.9. The van der Waals surface area contributed by atoms with Crippen molar-refractivity contribution in [3.63, 3.8) is 0 Å². The van der Waals surface area contributed by atoms with Gasteiger partial charge in [0.05, 0.1) is 6.54 Å². The number of nitrogens with zero attached hydrogens (tertiary/aromatic N) is 1. The summed E-state index contributed by atoms with van der Waals surface area (Å²) < 4.78 is 0. The number of amidine groups is 1. The van der Waals surface area contributed by atoms with Crippen LogP contribution in [0.15, 0.2) is 54.6 Å². The fourth-order valence-corrected chi connectivity index (χ4v) is 4.40. The third-order valence-corrected chi connectivity index (χ3v) is 6.26. The number of rotatable bonds is 7. The molecular weight excluding hydrogens is 390 g/mol. The molecule has 0 radical (unpaired) electrons. The van der Waals surface area contributed by atoms with E-state index in [-0.39, 0.29) is 30.2 Å². The molecule has 1 fully saturated rings. The van der Waals surface area contributed by atoms with E-state index in [0.29, 0.717) is 29.5 Å². The van der Waals surface area contributed by atoms with Gasteiger partial charge in [0, 0.05) is 24.2 Å². The van der Waals surface area contributed by atoms with Gasteiger partial charge in [0.25, 0.3) is 5.91 Å². The summed E-state index contributed by atoms with van der Waals surface area (Å²) in [5.74, 6) is 0.137. The molecule has 7 heteroatoms. The first-order valence-electron chi connectivity index (χ1n) is 10.6. The van der Waals surface area contributed by atoms with Gasteiger partial charge < -0.3 is 21.7 Å². The SMILES string of the molecule is CN(C(=O)CNC(=O)c1cccc(C(=N)N)c1)C1CCC(c2ccccc2)C(CN)C1. The van der Waals surface area contributed by atoms with Gasteiger partial charge in [0.2, 0.25) is 5.91 Å². The Morgan fingerprint density at radius 3 is 2.48 bits per heavy atom. The number of hydrogen-bond donors (Lipinski definition) is 4. The highest BCUT2D eigenvalue weighted by Gasteiger charge is 2.33. The average molecular weight is 422 g/mol. The molecule has 0 saturated heterocycles. The molecule has 1 saturated carbocycles. The van der Waals surface area contributed by atoms with Gasteiger partial charge in [-0.25, -0.2) is 0 Å². The van der Waals surface area contributed by atoms with E-state index in [9.17, 15) is 9.59 Å². The Hall–Kier alpha value is -3.19.